The Bertz CT molecular complexity index is 375. The summed E-state index contributed by atoms with van der Waals surface area (Å²) >= 11 is 0. The van der Waals surface area contributed by atoms with Gasteiger partial charge in [-0.3, -0.25) is 9.58 Å². The molecule has 1 aromatic rings. The van der Waals surface area contributed by atoms with Crippen LogP contribution in [0, 0.1) is 0 Å². The third-order valence-corrected chi connectivity index (χ3v) is 3.61. The molecule has 0 bridgehead atoms. The zero-order chi connectivity index (χ0) is 13.7. The van der Waals surface area contributed by atoms with Gasteiger partial charge in [0.25, 0.3) is 0 Å². The molecule has 1 unspecified atom stereocenters. The van der Waals surface area contributed by atoms with E-state index in [1.807, 2.05) is 10.9 Å². The van der Waals surface area contributed by atoms with Crippen LogP contribution in [0.25, 0.3) is 0 Å². The van der Waals surface area contributed by atoms with E-state index in [0.29, 0.717) is 12.1 Å². The van der Waals surface area contributed by atoms with Crippen LogP contribution in [0.4, 0.5) is 0 Å². The number of hydrogen-bond donors (Lipinski definition) is 0. The lowest BCUT2D eigenvalue weighted by atomic mass is 10.1. The molecule has 0 N–H and O–H groups in total. The summed E-state index contributed by atoms with van der Waals surface area (Å²) < 4.78 is 7.91. The molecule has 1 fully saturated rings. The average molecular weight is 265 g/mol. The molecule has 0 amide bonds. The zero-order valence-electron chi connectivity index (χ0n) is 12.5. The molecule has 1 atom stereocenters. The summed E-state index contributed by atoms with van der Waals surface area (Å²) in [7, 11) is 0. The van der Waals surface area contributed by atoms with Gasteiger partial charge in [0.1, 0.15) is 0 Å². The molecule has 4 heteroatoms. The van der Waals surface area contributed by atoms with Crippen molar-refractivity contribution in [3.05, 3.63) is 18.0 Å². The van der Waals surface area contributed by atoms with Gasteiger partial charge < -0.3 is 4.74 Å². The van der Waals surface area contributed by atoms with Crippen LogP contribution >= 0.6 is 0 Å². The Morgan fingerprint density at radius 2 is 2.32 bits per heavy atom. The van der Waals surface area contributed by atoms with E-state index in [4.69, 9.17) is 4.74 Å². The monoisotopic (exact) mass is 265 g/mol. The SMILES string of the molecule is CCCOC1CCCN(Cc2cnn(C(C)C)c2)C1. The molecule has 2 rings (SSSR count). The molecule has 0 radical (unpaired) electrons. The van der Waals surface area contributed by atoms with Crippen molar-refractivity contribution in [2.45, 2.75) is 58.7 Å². The molecular weight excluding hydrogens is 238 g/mol. The van der Waals surface area contributed by atoms with Gasteiger partial charge >= 0.3 is 0 Å². The molecule has 1 aliphatic heterocycles. The predicted octanol–water partition coefficient (Wildman–Crippen LogP) is 2.86. The second kappa shape index (κ2) is 7.06. The minimum atomic E-state index is 0.425. The van der Waals surface area contributed by atoms with Crippen molar-refractivity contribution in [2.24, 2.45) is 0 Å². The van der Waals surface area contributed by atoms with Crippen molar-refractivity contribution < 1.29 is 4.74 Å². The lowest BCUT2D eigenvalue weighted by molar-refractivity contribution is -0.00223. The zero-order valence-corrected chi connectivity index (χ0v) is 12.5. The Labute approximate surface area is 116 Å². The van der Waals surface area contributed by atoms with Crippen molar-refractivity contribution in [3.8, 4) is 0 Å². The molecule has 4 nitrogen and oxygen atoms in total. The van der Waals surface area contributed by atoms with E-state index in [2.05, 4.69) is 37.0 Å². The van der Waals surface area contributed by atoms with Crippen LogP contribution in [0.1, 0.15) is 51.6 Å². The summed E-state index contributed by atoms with van der Waals surface area (Å²) in [5.74, 6) is 0. The molecule has 0 aromatic carbocycles. The average Bonchev–Trinajstić information content (AvgIpc) is 2.85. The first-order valence-corrected chi connectivity index (χ1v) is 7.56. The number of ether oxygens (including phenoxy) is 1. The summed E-state index contributed by atoms with van der Waals surface area (Å²) in [6, 6.07) is 0.441. The summed E-state index contributed by atoms with van der Waals surface area (Å²) in [5, 5.41) is 4.41. The van der Waals surface area contributed by atoms with Crippen LogP contribution in [0.5, 0.6) is 0 Å². The maximum atomic E-state index is 5.88. The summed E-state index contributed by atoms with van der Waals surface area (Å²) in [6.45, 7) is 10.6. The highest BCUT2D eigenvalue weighted by Gasteiger charge is 2.20. The summed E-state index contributed by atoms with van der Waals surface area (Å²) in [6.07, 6.45) is 8.15. The minimum absolute atomic E-state index is 0.425. The molecule has 0 spiro atoms. The van der Waals surface area contributed by atoms with Gasteiger partial charge in [-0.25, -0.2) is 0 Å². The van der Waals surface area contributed by atoms with Crippen molar-refractivity contribution in [2.75, 3.05) is 19.7 Å². The third kappa shape index (κ3) is 4.32. The van der Waals surface area contributed by atoms with Crippen molar-refractivity contribution in [3.63, 3.8) is 0 Å². The minimum Gasteiger partial charge on any atom is -0.377 e. The van der Waals surface area contributed by atoms with Gasteiger partial charge in [0.05, 0.1) is 12.3 Å². The van der Waals surface area contributed by atoms with Crippen LogP contribution in [0.3, 0.4) is 0 Å². The Balaban J connectivity index is 1.84. The van der Waals surface area contributed by atoms with E-state index in [1.165, 1.54) is 24.9 Å². The van der Waals surface area contributed by atoms with Crippen LogP contribution in [-0.2, 0) is 11.3 Å². The standard InChI is InChI=1S/C15H27N3O/c1-4-8-19-15-6-5-7-17(12-15)10-14-9-16-18(11-14)13(2)3/h9,11,13,15H,4-8,10,12H2,1-3H3. The van der Waals surface area contributed by atoms with Gasteiger partial charge in [-0.15, -0.1) is 0 Å². The van der Waals surface area contributed by atoms with Crippen LogP contribution in [-0.4, -0.2) is 40.5 Å². The summed E-state index contributed by atoms with van der Waals surface area (Å²) in [4.78, 5) is 2.49. The van der Waals surface area contributed by atoms with E-state index < -0.39 is 0 Å². The van der Waals surface area contributed by atoms with Crippen LogP contribution < -0.4 is 0 Å². The number of nitrogens with zero attached hydrogens (tertiary/aromatic N) is 3. The molecule has 19 heavy (non-hydrogen) atoms. The van der Waals surface area contributed by atoms with E-state index in [1.54, 1.807) is 0 Å². The number of piperidine rings is 1. The molecular formula is C15H27N3O. The van der Waals surface area contributed by atoms with Gasteiger partial charge in [-0.1, -0.05) is 6.92 Å². The first-order valence-electron chi connectivity index (χ1n) is 7.56. The van der Waals surface area contributed by atoms with Crippen LogP contribution in [0.15, 0.2) is 12.4 Å². The largest absolute Gasteiger partial charge is 0.377 e. The normalized spacial score (nSPS) is 21.2. The molecule has 108 valence electrons. The van der Waals surface area contributed by atoms with Gasteiger partial charge in [0.2, 0.25) is 0 Å². The Morgan fingerprint density at radius 1 is 1.47 bits per heavy atom. The maximum Gasteiger partial charge on any atom is 0.0702 e. The fourth-order valence-corrected chi connectivity index (χ4v) is 2.58. The molecule has 0 aliphatic carbocycles. The fraction of sp³-hybridized carbons (Fsp3) is 0.800. The van der Waals surface area contributed by atoms with Crippen LogP contribution in [0.2, 0.25) is 0 Å². The maximum absolute atomic E-state index is 5.88. The van der Waals surface area contributed by atoms with Gasteiger partial charge in [-0.05, 0) is 39.7 Å². The van der Waals surface area contributed by atoms with E-state index in [-0.39, 0.29) is 0 Å². The second-order valence-electron chi connectivity index (χ2n) is 5.79. The molecule has 2 heterocycles. The van der Waals surface area contributed by atoms with E-state index >= 15 is 0 Å². The number of hydrogen-bond acceptors (Lipinski definition) is 3. The smallest absolute Gasteiger partial charge is 0.0702 e. The van der Waals surface area contributed by atoms with Crippen molar-refractivity contribution in [1.29, 1.82) is 0 Å². The lowest BCUT2D eigenvalue weighted by Gasteiger charge is -2.32. The molecule has 0 saturated carbocycles. The highest BCUT2D eigenvalue weighted by molar-refractivity contribution is 5.04. The Kier molecular flexibility index (Phi) is 5.40. The third-order valence-electron chi connectivity index (χ3n) is 3.61. The highest BCUT2D eigenvalue weighted by atomic mass is 16.5. The quantitative estimate of drug-likeness (QED) is 0.792. The summed E-state index contributed by atoms with van der Waals surface area (Å²) in [5.41, 5.74) is 1.31. The fourth-order valence-electron chi connectivity index (χ4n) is 2.58. The number of aromatic nitrogens is 2. The van der Waals surface area contributed by atoms with Gasteiger partial charge in [-0.2, -0.15) is 5.10 Å². The highest BCUT2D eigenvalue weighted by Crippen LogP contribution is 2.16. The molecule has 1 aromatic heterocycles. The molecule has 1 aliphatic rings. The number of rotatable bonds is 6. The Morgan fingerprint density at radius 3 is 3.00 bits per heavy atom. The molecule has 1 saturated heterocycles. The van der Waals surface area contributed by atoms with Crippen molar-refractivity contribution >= 4 is 0 Å². The van der Waals surface area contributed by atoms with Gasteiger partial charge in [0, 0.05) is 37.5 Å². The number of likely N-dealkylation sites (tertiary alicyclic amines) is 1. The van der Waals surface area contributed by atoms with Crippen molar-refractivity contribution in [1.82, 2.24) is 14.7 Å². The topological polar surface area (TPSA) is 30.3 Å². The van der Waals surface area contributed by atoms with E-state index in [0.717, 1.165) is 26.1 Å². The predicted molar refractivity (Wildman–Crippen MR) is 77.2 cm³/mol. The first kappa shape index (κ1) is 14.5. The second-order valence-corrected chi connectivity index (χ2v) is 5.79. The van der Waals surface area contributed by atoms with E-state index in [9.17, 15) is 0 Å². The Hall–Kier alpha value is -0.870. The van der Waals surface area contributed by atoms with Gasteiger partial charge in [0.15, 0.2) is 0 Å². The lowest BCUT2D eigenvalue weighted by Crippen LogP contribution is -2.39. The first-order chi connectivity index (χ1) is 9.19.